The Bertz CT molecular complexity index is 216. The first-order valence-electron chi connectivity index (χ1n) is 11.2. The molecule has 0 saturated carbocycles. The molecular formula is C22H46NO-. The van der Waals surface area contributed by atoms with Gasteiger partial charge in [0.15, 0.2) is 0 Å². The fourth-order valence-corrected chi connectivity index (χ4v) is 3.63. The molecule has 0 atom stereocenters. The summed E-state index contributed by atoms with van der Waals surface area (Å²) in [6.07, 6.45) is 25.0. The maximum absolute atomic E-state index is 10.1. The minimum atomic E-state index is 0.637. The van der Waals surface area contributed by atoms with Crippen LogP contribution in [0.15, 0.2) is 0 Å². The highest BCUT2D eigenvalue weighted by molar-refractivity contribution is 4.56. The molecule has 0 radical (unpaired) electrons. The van der Waals surface area contributed by atoms with Gasteiger partial charge in [-0.2, -0.15) is 0 Å². The summed E-state index contributed by atoms with van der Waals surface area (Å²) in [5.41, 5.74) is 1.98. The van der Waals surface area contributed by atoms with E-state index < -0.39 is 0 Å². The van der Waals surface area contributed by atoms with Gasteiger partial charge in [0.05, 0.1) is 0 Å². The molecule has 0 spiro atoms. The summed E-state index contributed by atoms with van der Waals surface area (Å²) in [7, 11) is 0. The SMILES string of the molecule is CCC(CC)CCCCCCCCCCCCCCCCCN[O-]. The summed E-state index contributed by atoms with van der Waals surface area (Å²) in [6.45, 7) is 5.31. The molecule has 1 N–H and O–H groups in total. The third kappa shape index (κ3) is 18.3. The fourth-order valence-electron chi connectivity index (χ4n) is 3.63. The molecule has 0 unspecified atom stereocenters. The summed E-state index contributed by atoms with van der Waals surface area (Å²) in [5, 5.41) is 10.1. The Kier molecular flexibility index (Phi) is 20.9. The van der Waals surface area contributed by atoms with Crippen molar-refractivity contribution >= 4 is 0 Å². The van der Waals surface area contributed by atoms with Gasteiger partial charge in [0, 0.05) is 0 Å². The van der Waals surface area contributed by atoms with Crippen molar-refractivity contribution in [1.82, 2.24) is 5.48 Å². The Hall–Kier alpha value is -0.0800. The molecule has 2 heteroatoms. The number of hydrogen-bond donors (Lipinski definition) is 1. The standard InChI is InChI=1S/C22H46NO/c1-3-22(4-2)20-18-16-14-12-10-8-6-5-7-9-11-13-15-17-19-21-23-24/h22-23H,3-21H2,1-2H3/q-1. The molecule has 146 valence electrons. The first-order valence-corrected chi connectivity index (χ1v) is 11.2. The third-order valence-electron chi connectivity index (χ3n) is 5.55. The predicted octanol–water partition coefficient (Wildman–Crippen LogP) is 7.75. The van der Waals surface area contributed by atoms with Crippen LogP contribution in [0.2, 0.25) is 0 Å². The number of unbranched alkanes of at least 4 members (excludes halogenated alkanes) is 14. The van der Waals surface area contributed by atoms with Crippen molar-refractivity contribution < 1.29 is 0 Å². The van der Waals surface area contributed by atoms with Crippen molar-refractivity contribution in [2.45, 2.75) is 129 Å². The van der Waals surface area contributed by atoms with Gasteiger partial charge in [0.25, 0.3) is 0 Å². The van der Waals surface area contributed by atoms with Crippen LogP contribution in [0, 0.1) is 11.1 Å². The van der Waals surface area contributed by atoms with E-state index in [2.05, 4.69) is 13.8 Å². The minimum absolute atomic E-state index is 0.637. The molecule has 2 nitrogen and oxygen atoms in total. The second-order valence-electron chi connectivity index (χ2n) is 7.67. The van der Waals surface area contributed by atoms with Crippen molar-refractivity contribution in [2.75, 3.05) is 6.54 Å². The van der Waals surface area contributed by atoms with Gasteiger partial charge in [0.2, 0.25) is 0 Å². The van der Waals surface area contributed by atoms with E-state index in [1.54, 1.807) is 0 Å². The molecule has 0 rings (SSSR count). The predicted molar refractivity (Wildman–Crippen MR) is 109 cm³/mol. The van der Waals surface area contributed by atoms with E-state index in [4.69, 9.17) is 0 Å². The zero-order valence-corrected chi connectivity index (χ0v) is 16.9. The first-order chi connectivity index (χ1) is 11.8. The highest BCUT2D eigenvalue weighted by Crippen LogP contribution is 2.18. The van der Waals surface area contributed by atoms with Gasteiger partial charge in [-0.25, -0.2) is 0 Å². The zero-order valence-electron chi connectivity index (χ0n) is 16.9. The summed E-state index contributed by atoms with van der Waals surface area (Å²) in [6, 6.07) is 0. The van der Waals surface area contributed by atoms with E-state index in [-0.39, 0.29) is 0 Å². The Morgan fingerprint density at radius 2 is 0.875 bits per heavy atom. The van der Waals surface area contributed by atoms with Crippen LogP contribution in [-0.2, 0) is 0 Å². The Morgan fingerprint density at radius 1 is 0.542 bits per heavy atom. The van der Waals surface area contributed by atoms with Crippen LogP contribution in [0.3, 0.4) is 0 Å². The van der Waals surface area contributed by atoms with Gasteiger partial charge in [-0.1, -0.05) is 123 Å². The largest absolute Gasteiger partial charge is 0.788 e. The van der Waals surface area contributed by atoms with Crippen LogP contribution in [0.1, 0.15) is 129 Å². The van der Waals surface area contributed by atoms with Crippen molar-refractivity contribution in [3.63, 3.8) is 0 Å². The minimum Gasteiger partial charge on any atom is -0.788 e. The molecule has 24 heavy (non-hydrogen) atoms. The van der Waals surface area contributed by atoms with Gasteiger partial charge >= 0.3 is 0 Å². The highest BCUT2D eigenvalue weighted by Gasteiger charge is 2.02. The Labute approximate surface area is 153 Å². The molecule has 0 aliphatic carbocycles. The number of hydrogen-bond acceptors (Lipinski definition) is 2. The van der Waals surface area contributed by atoms with Crippen LogP contribution in [0.5, 0.6) is 0 Å². The van der Waals surface area contributed by atoms with E-state index >= 15 is 0 Å². The van der Waals surface area contributed by atoms with Gasteiger partial charge < -0.3 is 10.7 Å². The molecule has 0 bridgehead atoms. The van der Waals surface area contributed by atoms with Gasteiger partial charge in [-0.15, -0.1) is 0 Å². The Morgan fingerprint density at radius 3 is 1.21 bits per heavy atom. The molecule has 0 aromatic heterocycles. The second-order valence-corrected chi connectivity index (χ2v) is 7.67. The van der Waals surface area contributed by atoms with E-state index in [1.807, 2.05) is 5.48 Å². The molecule has 0 heterocycles. The number of rotatable bonds is 20. The van der Waals surface area contributed by atoms with Crippen molar-refractivity contribution in [2.24, 2.45) is 5.92 Å². The maximum atomic E-state index is 10.1. The number of nitrogens with one attached hydrogen (secondary N) is 1. The molecule has 0 amide bonds. The van der Waals surface area contributed by atoms with E-state index in [9.17, 15) is 5.21 Å². The topological polar surface area (TPSA) is 35.1 Å². The molecule has 0 aromatic carbocycles. The molecule has 0 aliphatic heterocycles. The van der Waals surface area contributed by atoms with Crippen LogP contribution in [0.25, 0.3) is 0 Å². The normalized spacial score (nSPS) is 11.5. The van der Waals surface area contributed by atoms with Gasteiger partial charge in [0.1, 0.15) is 0 Å². The Balaban J connectivity index is 3.03. The van der Waals surface area contributed by atoms with E-state index in [0.717, 1.165) is 12.3 Å². The van der Waals surface area contributed by atoms with Gasteiger partial charge in [-0.05, 0) is 18.9 Å². The average molecular weight is 341 g/mol. The third-order valence-corrected chi connectivity index (χ3v) is 5.55. The van der Waals surface area contributed by atoms with Crippen LogP contribution < -0.4 is 5.48 Å². The smallest absolute Gasteiger partial charge is 0.0170 e. The van der Waals surface area contributed by atoms with Crippen LogP contribution >= 0.6 is 0 Å². The van der Waals surface area contributed by atoms with Crippen molar-refractivity contribution in [1.29, 1.82) is 0 Å². The number of hydroxylamine groups is 1. The average Bonchev–Trinajstić information content (AvgIpc) is 2.61. The summed E-state index contributed by atoms with van der Waals surface area (Å²) < 4.78 is 0. The highest BCUT2D eigenvalue weighted by atomic mass is 16.5. The van der Waals surface area contributed by atoms with Crippen LogP contribution in [-0.4, -0.2) is 6.54 Å². The molecule has 0 fully saturated rings. The quantitative estimate of drug-likeness (QED) is 0.181. The summed E-state index contributed by atoms with van der Waals surface area (Å²) in [5.74, 6) is 0.986. The molecule has 0 saturated heterocycles. The lowest BCUT2D eigenvalue weighted by Crippen LogP contribution is -2.04. The fraction of sp³-hybridized carbons (Fsp3) is 1.00. The lowest BCUT2D eigenvalue weighted by atomic mass is 9.95. The molecule has 0 aliphatic rings. The lowest BCUT2D eigenvalue weighted by Gasteiger charge is -2.11. The van der Waals surface area contributed by atoms with Crippen LogP contribution in [0.4, 0.5) is 0 Å². The maximum Gasteiger partial charge on any atom is -0.0170 e. The zero-order chi connectivity index (χ0) is 17.7. The monoisotopic (exact) mass is 340 g/mol. The van der Waals surface area contributed by atoms with E-state index in [1.165, 1.54) is 109 Å². The molecule has 0 aromatic rings. The van der Waals surface area contributed by atoms with E-state index in [0.29, 0.717) is 6.54 Å². The summed E-state index contributed by atoms with van der Waals surface area (Å²) >= 11 is 0. The lowest BCUT2D eigenvalue weighted by molar-refractivity contribution is 0.426. The summed E-state index contributed by atoms with van der Waals surface area (Å²) in [4.78, 5) is 0. The molecular weight excluding hydrogens is 294 g/mol. The van der Waals surface area contributed by atoms with Crippen molar-refractivity contribution in [3.8, 4) is 0 Å². The van der Waals surface area contributed by atoms with Crippen molar-refractivity contribution in [3.05, 3.63) is 5.21 Å². The second kappa shape index (κ2) is 21.0. The van der Waals surface area contributed by atoms with Gasteiger partial charge in [-0.3, -0.25) is 0 Å². The first kappa shape index (κ1) is 23.9.